The molecule has 27 heavy (non-hydrogen) atoms. The number of nitriles is 1. The molecule has 2 aromatic rings. The third-order valence-corrected chi connectivity index (χ3v) is 5.35. The predicted molar refractivity (Wildman–Crippen MR) is 106 cm³/mol. The summed E-state index contributed by atoms with van der Waals surface area (Å²) in [5.41, 5.74) is 1.85. The Hall–Kier alpha value is -2.87. The first kappa shape index (κ1) is 18.9. The lowest BCUT2D eigenvalue weighted by Gasteiger charge is -2.32. The summed E-state index contributed by atoms with van der Waals surface area (Å²) in [5, 5.41) is 12.0. The van der Waals surface area contributed by atoms with E-state index >= 15 is 0 Å². The van der Waals surface area contributed by atoms with Gasteiger partial charge in [-0.25, -0.2) is 4.98 Å². The van der Waals surface area contributed by atoms with E-state index in [9.17, 15) is 4.79 Å². The number of hydrogen-bond acceptors (Lipinski definition) is 4. The van der Waals surface area contributed by atoms with Crippen molar-refractivity contribution in [2.24, 2.45) is 5.92 Å². The van der Waals surface area contributed by atoms with E-state index in [-0.39, 0.29) is 11.8 Å². The Morgan fingerprint density at radius 1 is 1.26 bits per heavy atom. The monoisotopic (exact) mass is 362 g/mol. The van der Waals surface area contributed by atoms with E-state index in [2.05, 4.69) is 40.3 Å². The molecule has 1 N–H and O–H groups in total. The van der Waals surface area contributed by atoms with E-state index in [1.807, 2.05) is 24.3 Å². The number of pyridine rings is 1. The van der Waals surface area contributed by atoms with Gasteiger partial charge in [-0.15, -0.1) is 0 Å². The van der Waals surface area contributed by atoms with Crippen LogP contribution >= 0.6 is 0 Å². The molecule has 0 radical (unpaired) electrons. The van der Waals surface area contributed by atoms with Crippen LogP contribution in [0, 0.1) is 17.2 Å². The van der Waals surface area contributed by atoms with Gasteiger partial charge in [-0.3, -0.25) is 4.79 Å². The standard InChI is InChI=1S/C22H26N4O/c1-2-18(19-6-4-3-5-7-19)16-25-22(27)20-10-12-26(13-11-20)21-9-8-17(14-23)15-24-21/h3-9,15,18,20H,2,10-13,16H2,1H3,(H,25,27)/t18-/m0/s1. The number of amides is 1. The lowest BCUT2D eigenvalue weighted by molar-refractivity contribution is -0.125. The minimum absolute atomic E-state index is 0.0629. The fraction of sp³-hybridized carbons (Fsp3) is 0.409. The summed E-state index contributed by atoms with van der Waals surface area (Å²) >= 11 is 0. The molecule has 2 heterocycles. The number of carbonyl (C=O) groups excluding carboxylic acids is 1. The number of nitrogens with zero attached hydrogens (tertiary/aromatic N) is 3. The van der Waals surface area contributed by atoms with Gasteiger partial charge in [0.05, 0.1) is 5.56 Å². The summed E-state index contributed by atoms with van der Waals surface area (Å²) in [5.74, 6) is 1.46. The summed E-state index contributed by atoms with van der Waals surface area (Å²) in [6.45, 7) is 4.48. The van der Waals surface area contributed by atoms with Crippen LogP contribution in [0.25, 0.3) is 0 Å². The number of carbonyl (C=O) groups is 1. The Balaban J connectivity index is 1.48. The maximum atomic E-state index is 12.6. The van der Waals surface area contributed by atoms with Crippen molar-refractivity contribution in [2.75, 3.05) is 24.5 Å². The molecule has 5 heteroatoms. The summed E-state index contributed by atoms with van der Waals surface area (Å²) in [7, 11) is 0. The molecule has 0 bridgehead atoms. The maximum Gasteiger partial charge on any atom is 0.223 e. The van der Waals surface area contributed by atoms with Gasteiger partial charge in [-0.2, -0.15) is 5.26 Å². The molecule has 0 saturated carbocycles. The molecule has 1 atom stereocenters. The Morgan fingerprint density at radius 2 is 2.00 bits per heavy atom. The van der Waals surface area contributed by atoms with Crippen LogP contribution in [0.2, 0.25) is 0 Å². The molecule has 1 aromatic heterocycles. The highest BCUT2D eigenvalue weighted by Crippen LogP contribution is 2.23. The topological polar surface area (TPSA) is 69.0 Å². The smallest absolute Gasteiger partial charge is 0.223 e. The Labute approximate surface area is 161 Å². The number of aromatic nitrogens is 1. The van der Waals surface area contributed by atoms with Gasteiger partial charge in [0.25, 0.3) is 0 Å². The van der Waals surface area contributed by atoms with Crippen LogP contribution in [0.4, 0.5) is 5.82 Å². The molecular formula is C22H26N4O. The van der Waals surface area contributed by atoms with Crippen molar-refractivity contribution in [3.05, 3.63) is 59.8 Å². The van der Waals surface area contributed by atoms with Crippen molar-refractivity contribution in [3.63, 3.8) is 0 Å². The first-order valence-electron chi connectivity index (χ1n) is 9.65. The van der Waals surface area contributed by atoms with Crippen LogP contribution < -0.4 is 10.2 Å². The van der Waals surface area contributed by atoms with Crippen LogP contribution in [-0.4, -0.2) is 30.5 Å². The van der Waals surface area contributed by atoms with Crippen molar-refractivity contribution in [1.82, 2.24) is 10.3 Å². The van der Waals surface area contributed by atoms with Crippen LogP contribution in [0.1, 0.15) is 43.2 Å². The zero-order valence-corrected chi connectivity index (χ0v) is 15.8. The Bertz CT molecular complexity index is 774. The second-order valence-corrected chi connectivity index (χ2v) is 7.04. The lowest BCUT2D eigenvalue weighted by Crippen LogP contribution is -2.41. The highest BCUT2D eigenvalue weighted by Gasteiger charge is 2.26. The highest BCUT2D eigenvalue weighted by molar-refractivity contribution is 5.79. The largest absolute Gasteiger partial charge is 0.357 e. The highest BCUT2D eigenvalue weighted by atomic mass is 16.1. The summed E-state index contributed by atoms with van der Waals surface area (Å²) in [4.78, 5) is 19.1. The molecule has 1 saturated heterocycles. The maximum absolute atomic E-state index is 12.6. The normalized spacial score (nSPS) is 15.8. The Kier molecular flexibility index (Phi) is 6.43. The number of benzene rings is 1. The number of rotatable bonds is 6. The molecule has 0 aliphatic carbocycles. The van der Waals surface area contributed by atoms with Gasteiger partial charge < -0.3 is 10.2 Å². The van der Waals surface area contributed by atoms with Crippen molar-refractivity contribution in [2.45, 2.75) is 32.1 Å². The quantitative estimate of drug-likeness (QED) is 0.854. The second kappa shape index (κ2) is 9.18. The van der Waals surface area contributed by atoms with Gasteiger partial charge in [0.15, 0.2) is 0 Å². The number of piperidine rings is 1. The van der Waals surface area contributed by atoms with Gasteiger partial charge in [0.2, 0.25) is 5.91 Å². The minimum atomic E-state index is 0.0629. The molecule has 3 rings (SSSR count). The van der Waals surface area contributed by atoms with Crippen molar-refractivity contribution < 1.29 is 4.79 Å². The lowest BCUT2D eigenvalue weighted by atomic mass is 9.94. The van der Waals surface area contributed by atoms with Gasteiger partial charge in [-0.05, 0) is 37.0 Å². The summed E-state index contributed by atoms with van der Waals surface area (Å²) in [6, 6.07) is 16.1. The first-order chi connectivity index (χ1) is 13.2. The molecule has 1 aromatic carbocycles. The molecule has 1 fully saturated rings. The zero-order chi connectivity index (χ0) is 19.1. The van der Waals surface area contributed by atoms with E-state index in [4.69, 9.17) is 5.26 Å². The first-order valence-corrected chi connectivity index (χ1v) is 9.65. The van der Waals surface area contributed by atoms with E-state index in [0.29, 0.717) is 18.0 Å². The van der Waals surface area contributed by atoms with Crippen LogP contribution in [0.5, 0.6) is 0 Å². The zero-order valence-electron chi connectivity index (χ0n) is 15.8. The predicted octanol–water partition coefficient (Wildman–Crippen LogP) is 3.48. The van der Waals surface area contributed by atoms with Crippen molar-refractivity contribution >= 4 is 11.7 Å². The summed E-state index contributed by atoms with van der Waals surface area (Å²) < 4.78 is 0. The molecule has 0 unspecified atom stereocenters. The molecule has 1 amide bonds. The third-order valence-electron chi connectivity index (χ3n) is 5.35. The Morgan fingerprint density at radius 3 is 2.59 bits per heavy atom. The number of hydrogen-bond donors (Lipinski definition) is 1. The van der Waals surface area contributed by atoms with E-state index < -0.39 is 0 Å². The van der Waals surface area contributed by atoms with Crippen molar-refractivity contribution in [1.29, 1.82) is 5.26 Å². The fourth-order valence-electron chi connectivity index (χ4n) is 3.60. The SMILES string of the molecule is CC[C@@H](CNC(=O)C1CCN(c2ccc(C#N)cn2)CC1)c1ccccc1. The van der Waals surface area contributed by atoms with Gasteiger partial charge in [0, 0.05) is 37.7 Å². The van der Waals surface area contributed by atoms with Crippen molar-refractivity contribution in [3.8, 4) is 6.07 Å². The molecule has 5 nitrogen and oxygen atoms in total. The number of anilines is 1. The van der Waals surface area contributed by atoms with E-state index in [1.165, 1.54) is 5.56 Å². The molecule has 140 valence electrons. The third kappa shape index (κ3) is 4.85. The van der Waals surface area contributed by atoms with Crippen LogP contribution in [0.3, 0.4) is 0 Å². The molecule has 0 spiro atoms. The number of nitrogens with one attached hydrogen (secondary N) is 1. The fourth-order valence-corrected chi connectivity index (χ4v) is 3.60. The van der Waals surface area contributed by atoms with Gasteiger partial charge in [-0.1, -0.05) is 37.3 Å². The minimum Gasteiger partial charge on any atom is -0.357 e. The van der Waals surface area contributed by atoms with Crippen LogP contribution in [0.15, 0.2) is 48.7 Å². The second-order valence-electron chi connectivity index (χ2n) is 7.04. The van der Waals surface area contributed by atoms with Crippen LogP contribution in [-0.2, 0) is 4.79 Å². The average Bonchev–Trinajstić information content (AvgIpc) is 2.75. The molecular weight excluding hydrogens is 336 g/mol. The average molecular weight is 362 g/mol. The van der Waals surface area contributed by atoms with E-state index in [0.717, 1.165) is 38.2 Å². The van der Waals surface area contributed by atoms with E-state index in [1.54, 1.807) is 12.3 Å². The molecule has 1 aliphatic rings. The summed E-state index contributed by atoms with van der Waals surface area (Å²) in [6.07, 6.45) is 4.26. The van der Waals surface area contributed by atoms with Gasteiger partial charge >= 0.3 is 0 Å². The van der Waals surface area contributed by atoms with Gasteiger partial charge in [0.1, 0.15) is 11.9 Å². The molecule has 1 aliphatic heterocycles.